The largest absolute Gasteiger partial charge is 0.435 e. The normalized spacial score (nSPS) is 10.6. The van der Waals surface area contributed by atoms with E-state index in [1.165, 1.54) is 12.1 Å². The van der Waals surface area contributed by atoms with Crippen molar-refractivity contribution in [1.82, 2.24) is 0 Å². The van der Waals surface area contributed by atoms with Gasteiger partial charge in [-0.25, -0.2) is 0 Å². The van der Waals surface area contributed by atoms with Gasteiger partial charge in [-0.3, -0.25) is 0 Å². The van der Waals surface area contributed by atoms with Crippen molar-refractivity contribution in [2.75, 3.05) is 25.1 Å². The summed E-state index contributed by atoms with van der Waals surface area (Å²) in [6.45, 7) is 1.40. The van der Waals surface area contributed by atoms with Crippen LogP contribution in [0, 0.1) is 0 Å². The summed E-state index contributed by atoms with van der Waals surface area (Å²) in [6, 6.07) is 6.44. The Bertz CT molecular complexity index is 304. The SMILES string of the molecule is CCOCCCNc1ccc(OC(F)F)cc1. The second-order valence-corrected chi connectivity index (χ2v) is 3.38. The van der Waals surface area contributed by atoms with E-state index in [0.29, 0.717) is 0 Å². The fourth-order valence-electron chi connectivity index (χ4n) is 1.31. The number of rotatable bonds is 8. The number of hydrogen-bond acceptors (Lipinski definition) is 3. The number of halogens is 2. The van der Waals surface area contributed by atoms with Crippen LogP contribution in [-0.4, -0.2) is 26.4 Å². The van der Waals surface area contributed by atoms with Gasteiger partial charge in [0.25, 0.3) is 0 Å². The van der Waals surface area contributed by atoms with E-state index in [9.17, 15) is 8.78 Å². The van der Waals surface area contributed by atoms with Gasteiger partial charge in [0.1, 0.15) is 5.75 Å². The molecule has 1 aromatic rings. The Balaban J connectivity index is 2.25. The number of hydrogen-bond donors (Lipinski definition) is 1. The second kappa shape index (κ2) is 7.84. The molecule has 0 unspecified atom stereocenters. The Kier molecular flexibility index (Phi) is 6.32. The molecule has 0 saturated heterocycles. The predicted octanol–water partition coefficient (Wildman–Crippen LogP) is 3.13. The second-order valence-electron chi connectivity index (χ2n) is 3.38. The van der Waals surface area contributed by atoms with Crippen LogP contribution in [0.5, 0.6) is 5.75 Å². The Hall–Kier alpha value is -1.36. The Morgan fingerprint density at radius 2 is 1.94 bits per heavy atom. The molecule has 0 amide bonds. The lowest BCUT2D eigenvalue weighted by atomic mass is 10.3. The first-order valence-corrected chi connectivity index (χ1v) is 5.59. The van der Waals surface area contributed by atoms with Crippen LogP contribution in [0.2, 0.25) is 0 Å². The Morgan fingerprint density at radius 1 is 1.24 bits per heavy atom. The van der Waals surface area contributed by atoms with Gasteiger partial charge in [-0.1, -0.05) is 0 Å². The molecule has 1 N–H and O–H groups in total. The molecule has 0 spiro atoms. The summed E-state index contributed by atoms with van der Waals surface area (Å²) in [6.07, 6.45) is 0.906. The van der Waals surface area contributed by atoms with E-state index in [2.05, 4.69) is 10.1 Å². The molecule has 1 aromatic carbocycles. The van der Waals surface area contributed by atoms with Crippen molar-refractivity contribution < 1.29 is 18.3 Å². The molecule has 1 rings (SSSR count). The molecule has 0 radical (unpaired) electrons. The van der Waals surface area contributed by atoms with Gasteiger partial charge in [0.15, 0.2) is 0 Å². The van der Waals surface area contributed by atoms with Crippen molar-refractivity contribution >= 4 is 5.69 Å². The van der Waals surface area contributed by atoms with E-state index in [0.717, 1.165) is 31.9 Å². The van der Waals surface area contributed by atoms with Crippen LogP contribution in [0.1, 0.15) is 13.3 Å². The van der Waals surface area contributed by atoms with E-state index >= 15 is 0 Å². The molecule has 3 nitrogen and oxygen atoms in total. The van der Waals surface area contributed by atoms with Gasteiger partial charge in [0.2, 0.25) is 0 Å². The van der Waals surface area contributed by atoms with E-state index in [1.807, 2.05) is 6.92 Å². The van der Waals surface area contributed by atoms with E-state index in [-0.39, 0.29) is 5.75 Å². The Morgan fingerprint density at radius 3 is 2.53 bits per heavy atom. The van der Waals surface area contributed by atoms with Gasteiger partial charge in [0, 0.05) is 25.4 Å². The molecule has 0 atom stereocenters. The monoisotopic (exact) mass is 245 g/mol. The quantitative estimate of drug-likeness (QED) is 0.714. The van der Waals surface area contributed by atoms with Crippen LogP contribution in [0.15, 0.2) is 24.3 Å². The lowest BCUT2D eigenvalue weighted by Crippen LogP contribution is -2.06. The first-order valence-electron chi connectivity index (χ1n) is 5.59. The zero-order valence-corrected chi connectivity index (χ0v) is 9.79. The molecule has 0 aliphatic carbocycles. The van der Waals surface area contributed by atoms with Crippen LogP contribution < -0.4 is 10.1 Å². The highest BCUT2D eigenvalue weighted by atomic mass is 19.3. The van der Waals surface area contributed by atoms with Crippen molar-refractivity contribution in [2.24, 2.45) is 0 Å². The topological polar surface area (TPSA) is 30.5 Å². The maximum atomic E-state index is 11.9. The summed E-state index contributed by atoms with van der Waals surface area (Å²) in [4.78, 5) is 0. The molecule has 0 aliphatic heterocycles. The zero-order valence-electron chi connectivity index (χ0n) is 9.79. The molecule has 0 fully saturated rings. The van der Waals surface area contributed by atoms with Crippen LogP contribution in [0.4, 0.5) is 14.5 Å². The fraction of sp³-hybridized carbons (Fsp3) is 0.500. The molecule has 17 heavy (non-hydrogen) atoms. The van der Waals surface area contributed by atoms with E-state index in [1.54, 1.807) is 12.1 Å². The molecule has 96 valence electrons. The highest BCUT2D eigenvalue weighted by molar-refractivity contribution is 5.46. The standard InChI is InChI=1S/C12H17F2NO2/c1-2-16-9-3-8-15-10-4-6-11(7-5-10)17-12(13)14/h4-7,12,15H,2-3,8-9H2,1H3. The molecule has 0 heterocycles. The van der Waals surface area contributed by atoms with Crippen LogP contribution in [-0.2, 0) is 4.74 Å². The molecule has 5 heteroatoms. The van der Waals surface area contributed by atoms with Crippen molar-refractivity contribution in [1.29, 1.82) is 0 Å². The van der Waals surface area contributed by atoms with Gasteiger partial charge in [-0.05, 0) is 37.6 Å². The summed E-state index contributed by atoms with van der Waals surface area (Å²) < 4.78 is 33.2. The summed E-state index contributed by atoms with van der Waals surface area (Å²) in [5.74, 6) is 0.167. The number of anilines is 1. The minimum Gasteiger partial charge on any atom is -0.435 e. The lowest BCUT2D eigenvalue weighted by molar-refractivity contribution is -0.0498. The van der Waals surface area contributed by atoms with Crippen molar-refractivity contribution in [3.05, 3.63) is 24.3 Å². The zero-order chi connectivity index (χ0) is 12.5. The first-order chi connectivity index (χ1) is 8.22. The van der Waals surface area contributed by atoms with Gasteiger partial charge < -0.3 is 14.8 Å². The number of benzene rings is 1. The average Bonchev–Trinajstić information content (AvgIpc) is 2.30. The molecule has 0 saturated carbocycles. The molecular formula is C12H17F2NO2. The highest BCUT2D eigenvalue weighted by Gasteiger charge is 2.03. The Labute approximate surface area is 99.7 Å². The lowest BCUT2D eigenvalue weighted by Gasteiger charge is -2.08. The summed E-state index contributed by atoms with van der Waals surface area (Å²) in [5.41, 5.74) is 0.878. The number of nitrogens with one attached hydrogen (secondary N) is 1. The molecule has 0 aromatic heterocycles. The maximum Gasteiger partial charge on any atom is 0.387 e. The minimum atomic E-state index is -2.78. The maximum absolute atomic E-state index is 11.9. The molecular weight excluding hydrogens is 228 g/mol. The third-order valence-corrected chi connectivity index (χ3v) is 2.08. The summed E-state index contributed by atoms with van der Waals surface area (Å²) >= 11 is 0. The van der Waals surface area contributed by atoms with E-state index in [4.69, 9.17) is 4.74 Å². The van der Waals surface area contributed by atoms with Crippen LogP contribution >= 0.6 is 0 Å². The third-order valence-electron chi connectivity index (χ3n) is 2.08. The number of alkyl halides is 2. The minimum absolute atomic E-state index is 0.167. The van der Waals surface area contributed by atoms with Crippen molar-refractivity contribution in [3.63, 3.8) is 0 Å². The smallest absolute Gasteiger partial charge is 0.387 e. The summed E-state index contributed by atoms with van der Waals surface area (Å²) in [7, 11) is 0. The predicted molar refractivity (Wildman–Crippen MR) is 62.7 cm³/mol. The highest BCUT2D eigenvalue weighted by Crippen LogP contribution is 2.17. The average molecular weight is 245 g/mol. The first kappa shape index (κ1) is 13.7. The van der Waals surface area contributed by atoms with Crippen molar-refractivity contribution in [3.8, 4) is 5.75 Å². The third kappa shape index (κ3) is 6.06. The molecule has 0 bridgehead atoms. The van der Waals surface area contributed by atoms with E-state index < -0.39 is 6.61 Å². The number of ether oxygens (including phenoxy) is 2. The van der Waals surface area contributed by atoms with Gasteiger partial charge >= 0.3 is 6.61 Å². The van der Waals surface area contributed by atoms with Crippen molar-refractivity contribution in [2.45, 2.75) is 20.0 Å². The van der Waals surface area contributed by atoms with Gasteiger partial charge in [-0.2, -0.15) is 8.78 Å². The fourth-order valence-corrected chi connectivity index (χ4v) is 1.31. The summed E-state index contributed by atoms with van der Waals surface area (Å²) in [5, 5.41) is 3.16. The van der Waals surface area contributed by atoms with Crippen LogP contribution in [0.25, 0.3) is 0 Å². The van der Waals surface area contributed by atoms with Gasteiger partial charge in [0.05, 0.1) is 0 Å². The van der Waals surface area contributed by atoms with Crippen LogP contribution in [0.3, 0.4) is 0 Å². The molecule has 0 aliphatic rings. The van der Waals surface area contributed by atoms with Gasteiger partial charge in [-0.15, -0.1) is 0 Å².